The van der Waals surface area contributed by atoms with Gasteiger partial charge in [-0.15, -0.1) is 0 Å². The number of nitrogens with one attached hydrogen (secondary N) is 2. The van der Waals surface area contributed by atoms with Crippen LogP contribution in [0.4, 0.5) is 10.5 Å². The van der Waals surface area contributed by atoms with Crippen LogP contribution in [0.2, 0.25) is 0 Å². The molecule has 2 amide bonds. The summed E-state index contributed by atoms with van der Waals surface area (Å²) >= 11 is 0. The highest BCUT2D eigenvalue weighted by atomic mass is 16.2. The first kappa shape index (κ1) is 25.8. The van der Waals surface area contributed by atoms with Gasteiger partial charge in [-0.1, -0.05) is 19.9 Å². The van der Waals surface area contributed by atoms with E-state index in [1.165, 1.54) is 0 Å². The van der Waals surface area contributed by atoms with Gasteiger partial charge < -0.3 is 10.6 Å². The zero-order valence-corrected chi connectivity index (χ0v) is 22.1. The largest absolute Gasteiger partial charge is 0.336 e. The van der Waals surface area contributed by atoms with Crippen molar-refractivity contribution >= 4 is 11.7 Å². The molecule has 0 saturated carbocycles. The fraction of sp³-hybridized carbons (Fsp3) is 0.433. The smallest absolute Gasteiger partial charge is 0.319 e. The molecule has 4 atom stereocenters. The maximum atomic E-state index is 12.5. The highest BCUT2D eigenvalue weighted by Crippen LogP contribution is 2.42. The fourth-order valence-electron chi connectivity index (χ4n) is 5.96. The number of urea groups is 1. The van der Waals surface area contributed by atoms with E-state index >= 15 is 0 Å². The van der Waals surface area contributed by atoms with Crippen LogP contribution in [0.5, 0.6) is 0 Å². The molecule has 2 aromatic heterocycles. The average molecular weight is 510 g/mol. The van der Waals surface area contributed by atoms with Gasteiger partial charge in [-0.3, -0.25) is 9.88 Å². The van der Waals surface area contributed by atoms with Crippen molar-refractivity contribution in [1.82, 2.24) is 25.2 Å². The molecular formula is C30H35N7O. The van der Waals surface area contributed by atoms with Crippen molar-refractivity contribution in [2.45, 2.75) is 57.4 Å². The maximum Gasteiger partial charge on any atom is 0.319 e. The standard InChI is InChI=1S/C30H35N7O/c1-3-21(4-2)27-16-28(36-29(35-27)22-8-11-32-12-9-22)26-19-37-13-10-23(26)15-25(37)18-33-30(38)34-24-7-5-6-20(14-24)17-31/h5-9,11-12,14,16,21,23,25-26H,3-4,10,13,15,18-19H2,1-2H3,(H2,33,34,38)/t23-,25+,26-/m0/s1. The van der Waals surface area contributed by atoms with Gasteiger partial charge in [-0.2, -0.15) is 5.26 Å². The number of hydrogen-bond acceptors (Lipinski definition) is 6. The van der Waals surface area contributed by atoms with Gasteiger partial charge in [-0.05, 0) is 74.5 Å². The summed E-state index contributed by atoms with van der Waals surface area (Å²) in [5, 5.41) is 15.0. The Morgan fingerprint density at radius 2 is 1.97 bits per heavy atom. The zero-order chi connectivity index (χ0) is 26.5. The third-order valence-corrected chi connectivity index (χ3v) is 8.11. The molecular weight excluding hydrogens is 474 g/mol. The predicted octanol–water partition coefficient (Wildman–Crippen LogP) is 5.31. The molecule has 3 saturated heterocycles. The van der Waals surface area contributed by atoms with Crippen LogP contribution in [0.15, 0.2) is 54.9 Å². The van der Waals surface area contributed by atoms with Gasteiger partial charge in [-0.25, -0.2) is 14.8 Å². The molecule has 38 heavy (non-hydrogen) atoms. The second-order valence-corrected chi connectivity index (χ2v) is 10.4. The third kappa shape index (κ3) is 5.68. The van der Waals surface area contributed by atoms with Crippen LogP contribution in [-0.2, 0) is 0 Å². The number of aromatic nitrogens is 3. The topological polar surface area (TPSA) is 107 Å². The summed E-state index contributed by atoms with van der Waals surface area (Å²) in [5.41, 5.74) is 4.43. The number of pyridine rings is 1. The van der Waals surface area contributed by atoms with E-state index in [0.717, 1.165) is 61.5 Å². The van der Waals surface area contributed by atoms with Gasteiger partial charge in [0, 0.05) is 66.0 Å². The van der Waals surface area contributed by atoms with Crippen LogP contribution in [-0.4, -0.2) is 51.6 Å². The summed E-state index contributed by atoms with van der Waals surface area (Å²) in [6, 6.07) is 15.3. The van der Waals surface area contributed by atoms with Crippen molar-refractivity contribution < 1.29 is 4.79 Å². The average Bonchev–Trinajstić information content (AvgIpc) is 2.97. The quantitative estimate of drug-likeness (QED) is 0.426. The van der Waals surface area contributed by atoms with Gasteiger partial charge in [0.2, 0.25) is 0 Å². The molecule has 196 valence electrons. The Kier molecular flexibility index (Phi) is 7.94. The Labute approximate surface area is 224 Å². The molecule has 0 aliphatic carbocycles. The molecule has 6 rings (SSSR count). The minimum Gasteiger partial charge on any atom is -0.336 e. The van der Waals surface area contributed by atoms with E-state index in [0.29, 0.717) is 41.6 Å². The predicted molar refractivity (Wildman–Crippen MR) is 148 cm³/mol. The molecule has 2 N–H and O–H groups in total. The number of carbonyl (C=O) groups is 1. The summed E-state index contributed by atoms with van der Waals surface area (Å²) in [4.78, 5) is 29.3. The minimum atomic E-state index is -0.244. The molecule has 5 heterocycles. The normalized spacial score (nSPS) is 22.2. The van der Waals surface area contributed by atoms with Crippen LogP contribution >= 0.6 is 0 Å². The van der Waals surface area contributed by atoms with E-state index in [4.69, 9.17) is 15.2 Å². The van der Waals surface area contributed by atoms with E-state index in [-0.39, 0.29) is 6.03 Å². The number of fused-ring (bicyclic) bond motifs is 3. The first-order valence-electron chi connectivity index (χ1n) is 13.7. The second-order valence-electron chi connectivity index (χ2n) is 10.4. The van der Waals surface area contributed by atoms with Gasteiger partial charge in [0.05, 0.1) is 11.6 Å². The molecule has 3 aliphatic rings. The van der Waals surface area contributed by atoms with E-state index in [1.807, 2.05) is 12.1 Å². The van der Waals surface area contributed by atoms with Crippen LogP contribution in [0.3, 0.4) is 0 Å². The van der Waals surface area contributed by atoms with Crippen molar-refractivity contribution in [2.75, 3.05) is 25.0 Å². The van der Waals surface area contributed by atoms with Crippen LogP contribution in [0.25, 0.3) is 11.4 Å². The Balaban J connectivity index is 1.28. The number of hydrogen-bond donors (Lipinski definition) is 2. The van der Waals surface area contributed by atoms with E-state index in [1.54, 1.807) is 36.7 Å². The number of rotatable bonds is 8. The van der Waals surface area contributed by atoms with Crippen molar-refractivity contribution in [3.05, 3.63) is 71.8 Å². The van der Waals surface area contributed by atoms with Crippen molar-refractivity contribution in [1.29, 1.82) is 5.26 Å². The lowest BCUT2D eigenvalue weighted by atomic mass is 9.74. The summed E-state index contributed by atoms with van der Waals surface area (Å²) in [5.74, 6) is 2.09. The Bertz CT molecular complexity index is 1300. The lowest BCUT2D eigenvalue weighted by Crippen LogP contribution is -2.56. The van der Waals surface area contributed by atoms with Gasteiger partial charge in [0.25, 0.3) is 0 Å². The third-order valence-electron chi connectivity index (χ3n) is 8.11. The molecule has 0 spiro atoms. The monoisotopic (exact) mass is 509 g/mol. The molecule has 3 fully saturated rings. The van der Waals surface area contributed by atoms with Crippen LogP contribution in [0, 0.1) is 17.2 Å². The summed E-state index contributed by atoms with van der Waals surface area (Å²) in [7, 11) is 0. The molecule has 8 nitrogen and oxygen atoms in total. The van der Waals surface area contributed by atoms with Crippen molar-refractivity contribution in [3.63, 3.8) is 0 Å². The number of amides is 2. The Morgan fingerprint density at radius 3 is 2.68 bits per heavy atom. The lowest BCUT2D eigenvalue weighted by Gasteiger charge is -2.49. The molecule has 3 aromatic rings. The molecule has 2 bridgehead atoms. The molecule has 3 aliphatic heterocycles. The summed E-state index contributed by atoms with van der Waals surface area (Å²) < 4.78 is 0. The van der Waals surface area contributed by atoms with Gasteiger partial charge in [0.1, 0.15) is 0 Å². The molecule has 0 radical (unpaired) electrons. The first-order chi connectivity index (χ1) is 18.6. The SMILES string of the molecule is CCC(CC)c1cc([C@H]2CN3CC[C@H]2C[C@@H]3CNC(=O)Nc2cccc(C#N)c2)nc(-c2ccncc2)n1. The Morgan fingerprint density at radius 1 is 1.16 bits per heavy atom. The van der Waals surface area contributed by atoms with E-state index in [9.17, 15) is 4.79 Å². The highest BCUT2D eigenvalue weighted by molar-refractivity contribution is 5.89. The lowest BCUT2D eigenvalue weighted by molar-refractivity contribution is 0.0307. The second kappa shape index (κ2) is 11.7. The number of piperidine rings is 3. The highest BCUT2D eigenvalue weighted by Gasteiger charge is 2.41. The molecule has 8 heteroatoms. The van der Waals surface area contributed by atoms with Crippen molar-refractivity contribution in [3.8, 4) is 17.5 Å². The first-order valence-corrected chi connectivity index (χ1v) is 13.7. The van der Waals surface area contributed by atoms with Crippen molar-refractivity contribution in [2.24, 2.45) is 5.92 Å². The number of benzene rings is 1. The number of carbonyl (C=O) groups excluding carboxylic acids is 1. The van der Waals surface area contributed by atoms with Crippen LogP contribution < -0.4 is 10.6 Å². The number of anilines is 1. The van der Waals surface area contributed by atoms with Gasteiger partial charge in [0.15, 0.2) is 5.82 Å². The Hall–Kier alpha value is -3.83. The van der Waals surface area contributed by atoms with Crippen LogP contribution in [0.1, 0.15) is 68.3 Å². The zero-order valence-electron chi connectivity index (χ0n) is 22.1. The molecule has 1 aromatic carbocycles. The van der Waals surface area contributed by atoms with E-state index < -0.39 is 0 Å². The summed E-state index contributed by atoms with van der Waals surface area (Å²) in [6.07, 6.45) is 7.88. The van der Waals surface area contributed by atoms with E-state index in [2.05, 4.69) is 46.5 Å². The number of nitrogens with zero attached hydrogens (tertiary/aromatic N) is 5. The number of nitriles is 1. The fourth-order valence-corrected chi connectivity index (χ4v) is 5.96. The summed E-state index contributed by atoms with van der Waals surface area (Å²) in [6.45, 7) is 7.03. The van der Waals surface area contributed by atoms with Gasteiger partial charge >= 0.3 is 6.03 Å². The minimum absolute atomic E-state index is 0.244. The molecule has 1 unspecified atom stereocenters. The maximum absolute atomic E-state index is 12.5.